The highest BCUT2D eigenvalue weighted by Gasteiger charge is 2.47. The van der Waals surface area contributed by atoms with Crippen LogP contribution in [0, 0.1) is 11.8 Å². The number of allylic oxidation sites excluding steroid dienone is 3. The van der Waals surface area contributed by atoms with Gasteiger partial charge in [0.2, 0.25) is 0 Å². The average molecular weight is 450 g/mol. The standard InChI is InChI=1S/C22H27NO5S2/c1-5-29-10-8-28-22(26)17-13(3)23-14-11-12(2)16(21(25)27-4)20(24)18(14)19(17)15-7-6-9-30-15/h6-7,9,12,16,19,23H,5,8,10-11H2,1-4H3/t12-,16+,19+/m1/s1. The first-order valence-corrected chi connectivity index (χ1v) is 12.0. The number of thiophene rings is 1. The van der Waals surface area contributed by atoms with E-state index in [4.69, 9.17) is 9.47 Å². The Hall–Kier alpha value is -2.06. The van der Waals surface area contributed by atoms with Crippen molar-refractivity contribution in [1.82, 2.24) is 5.32 Å². The first-order valence-electron chi connectivity index (χ1n) is 10.0. The second-order valence-corrected chi connectivity index (χ2v) is 9.76. The molecule has 2 aliphatic rings. The summed E-state index contributed by atoms with van der Waals surface area (Å²) in [6.07, 6.45) is 0.537. The number of esters is 2. The summed E-state index contributed by atoms with van der Waals surface area (Å²) in [5.41, 5.74) is 2.38. The highest BCUT2D eigenvalue weighted by molar-refractivity contribution is 7.99. The predicted molar refractivity (Wildman–Crippen MR) is 118 cm³/mol. The molecule has 0 amide bonds. The number of carbonyl (C=O) groups is 3. The fraction of sp³-hybridized carbons (Fsp3) is 0.500. The van der Waals surface area contributed by atoms with Crippen molar-refractivity contribution < 1.29 is 23.9 Å². The lowest BCUT2D eigenvalue weighted by Gasteiger charge is -2.37. The molecule has 0 spiro atoms. The number of hydrogen-bond acceptors (Lipinski definition) is 8. The smallest absolute Gasteiger partial charge is 0.336 e. The van der Waals surface area contributed by atoms with Crippen LogP contribution in [0.2, 0.25) is 0 Å². The number of Topliss-reactive ketones (excluding diaryl/α,β-unsaturated/α-hetero) is 1. The fourth-order valence-corrected chi connectivity index (χ4v) is 5.44. The lowest BCUT2D eigenvalue weighted by atomic mass is 9.70. The highest BCUT2D eigenvalue weighted by Crippen LogP contribution is 2.46. The maximum atomic E-state index is 13.5. The number of rotatable bonds is 7. The topological polar surface area (TPSA) is 81.7 Å². The van der Waals surface area contributed by atoms with Crippen molar-refractivity contribution in [3.8, 4) is 0 Å². The third-order valence-electron chi connectivity index (χ3n) is 5.46. The maximum Gasteiger partial charge on any atom is 0.336 e. The van der Waals surface area contributed by atoms with Gasteiger partial charge in [-0.15, -0.1) is 11.3 Å². The Morgan fingerprint density at radius 2 is 2.13 bits per heavy atom. The molecule has 0 bridgehead atoms. The minimum Gasteiger partial charge on any atom is -0.468 e. The summed E-state index contributed by atoms with van der Waals surface area (Å²) in [7, 11) is 1.29. The number of nitrogens with one attached hydrogen (secondary N) is 1. The van der Waals surface area contributed by atoms with E-state index in [0.29, 0.717) is 29.9 Å². The molecule has 0 fully saturated rings. The van der Waals surface area contributed by atoms with E-state index in [1.807, 2.05) is 31.4 Å². The number of ketones is 1. The van der Waals surface area contributed by atoms with Gasteiger partial charge in [-0.25, -0.2) is 4.79 Å². The number of ether oxygens (including phenoxy) is 2. The van der Waals surface area contributed by atoms with Crippen molar-refractivity contribution >= 4 is 40.8 Å². The SMILES string of the molecule is CCSCCOC(=O)C1=C(C)NC2=C(C(=O)[C@@H](C(=O)OC)[C@H](C)C2)[C@H]1c1cccs1. The molecule has 0 radical (unpaired) electrons. The molecular formula is C22H27NO5S2. The molecule has 6 nitrogen and oxygen atoms in total. The van der Waals surface area contributed by atoms with Crippen LogP contribution in [0.25, 0.3) is 0 Å². The highest BCUT2D eigenvalue weighted by atomic mass is 32.2. The third-order valence-corrected chi connectivity index (χ3v) is 7.26. The Bertz CT molecular complexity index is 887. The van der Waals surface area contributed by atoms with Gasteiger partial charge in [-0.2, -0.15) is 11.8 Å². The van der Waals surface area contributed by atoms with Crippen LogP contribution in [0.15, 0.2) is 40.1 Å². The van der Waals surface area contributed by atoms with E-state index in [1.54, 1.807) is 11.8 Å². The van der Waals surface area contributed by atoms with E-state index in [2.05, 4.69) is 12.2 Å². The second-order valence-electron chi connectivity index (χ2n) is 7.38. The summed E-state index contributed by atoms with van der Waals surface area (Å²) in [6.45, 7) is 6.08. The number of carbonyl (C=O) groups excluding carboxylic acids is 3. The Kier molecular flexibility index (Phi) is 7.41. The van der Waals surface area contributed by atoms with E-state index in [1.165, 1.54) is 18.4 Å². The van der Waals surface area contributed by atoms with Crippen LogP contribution < -0.4 is 5.32 Å². The summed E-state index contributed by atoms with van der Waals surface area (Å²) >= 11 is 3.18. The zero-order chi connectivity index (χ0) is 21.8. The Morgan fingerprint density at radius 1 is 1.37 bits per heavy atom. The van der Waals surface area contributed by atoms with E-state index in [0.717, 1.165) is 22.1 Å². The van der Waals surface area contributed by atoms with Crippen molar-refractivity contribution in [3.63, 3.8) is 0 Å². The van der Waals surface area contributed by atoms with Gasteiger partial charge in [0.05, 0.1) is 18.6 Å². The minimum absolute atomic E-state index is 0.187. The maximum absolute atomic E-state index is 13.5. The number of dihydropyridines is 1. The fourth-order valence-electron chi connectivity index (χ4n) is 4.11. The van der Waals surface area contributed by atoms with Crippen LogP contribution in [0.1, 0.15) is 38.0 Å². The molecule has 1 aromatic heterocycles. The summed E-state index contributed by atoms with van der Waals surface area (Å²) in [6, 6.07) is 3.81. The van der Waals surface area contributed by atoms with Crippen LogP contribution in [-0.2, 0) is 23.9 Å². The van der Waals surface area contributed by atoms with Crippen molar-refractivity contribution in [1.29, 1.82) is 0 Å². The van der Waals surface area contributed by atoms with Crippen molar-refractivity contribution in [2.75, 3.05) is 25.2 Å². The van der Waals surface area contributed by atoms with E-state index in [9.17, 15) is 14.4 Å². The molecule has 0 saturated heterocycles. The molecule has 162 valence electrons. The van der Waals surface area contributed by atoms with Gasteiger partial charge in [-0.05, 0) is 36.5 Å². The first kappa shape index (κ1) is 22.6. The predicted octanol–water partition coefficient (Wildman–Crippen LogP) is 3.66. The summed E-state index contributed by atoms with van der Waals surface area (Å²) < 4.78 is 10.4. The number of methoxy groups -OCH3 is 1. The van der Waals surface area contributed by atoms with Gasteiger partial charge >= 0.3 is 11.9 Å². The lowest BCUT2D eigenvalue weighted by Crippen LogP contribution is -2.43. The molecular weight excluding hydrogens is 422 g/mol. The van der Waals surface area contributed by atoms with Crippen LogP contribution in [0.5, 0.6) is 0 Å². The number of hydrogen-bond donors (Lipinski definition) is 1. The molecule has 1 aliphatic carbocycles. The summed E-state index contributed by atoms with van der Waals surface area (Å²) in [5.74, 6) is -1.15. The van der Waals surface area contributed by atoms with E-state index in [-0.39, 0.29) is 11.7 Å². The summed E-state index contributed by atoms with van der Waals surface area (Å²) in [5, 5.41) is 5.18. The monoisotopic (exact) mass is 449 g/mol. The normalized spacial score (nSPS) is 23.7. The average Bonchev–Trinajstić information content (AvgIpc) is 3.24. The molecule has 3 atom stereocenters. The Morgan fingerprint density at radius 3 is 2.77 bits per heavy atom. The largest absolute Gasteiger partial charge is 0.468 e. The Labute approximate surface area is 185 Å². The van der Waals surface area contributed by atoms with Gasteiger partial charge in [-0.3, -0.25) is 9.59 Å². The second kappa shape index (κ2) is 9.83. The van der Waals surface area contributed by atoms with Crippen molar-refractivity contribution in [2.45, 2.75) is 33.1 Å². The third kappa shape index (κ3) is 4.34. The molecule has 0 unspecified atom stereocenters. The van der Waals surface area contributed by atoms with Crippen LogP contribution in [0.4, 0.5) is 0 Å². The van der Waals surface area contributed by atoms with Gasteiger partial charge in [0, 0.05) is 27.6 Å². The molecule has 3 rings (SSSR count). The molecule has 30 heavy (non-hydrogen) atoms. The molecule has 1 aliphatic heterocycles. The minimum atomic E-state index is -0.866. The van der Waals surface area contributed by atoms with Gasteiger partial charge in [0.1, 0.15) is 12.5 Å². The van der Waals surface area contributed by atoms with Crippen molar-refractivity contribution in [2.24, 2.45) is 11.8 Å². The zero-order valence-corrected chi connectivity index (χ0v) is 19.3. The van der Waals surface area contributed by atoms with Gasteiger partial charge < -0.3 is 14.8 Å². The molecule has 8 heteroatoms. The van der Waals surface area contributed by atoms with Crippen LogP contribution >= 0.6 is 23.1 Å². The van der Waals surface area contributed by atoms with E-state index < -0.39 is 23.8 Å². The van der Waals surface area contributed by atoms with Crippen LogP contribution in [-0.4, -0.2) is 42.9 Å². The van der Waals surface area contributed by atoms with Crippen LogP contribution in [0.3, 0.4) is 0 Å². The lowest BCUT2D eigenvalue weighted by molar-refractivity contribution is -0.151. The summed E-state index contributed by atoms with van der Waals surface area (Å²) in [4.78, 5) is 39.8. The first-order chi connectivity index (χ1) is 14.4. The quantitative estimate of drug-likeness (QED) is 0.386. The molecule has 2 heterocycles. The van der Waals surface area contributed by atoms with Crippen molar-refractivity contribution in [3.05, 3.63) is 44.9 Å². The molecule has 0 saturated carbocycles. The molecule has 1 aromatic rings. The van der Waals surface area contributed by atoms with Gasteiger partial charge in [0.25, 0.3) is 0 Å². The van der Waals surface area contributed by atoms with E-state index >= 15 is 0 Å². The van der Waals surface area contributed by atoms with Gasteiger partial charge in [0.15, 0.2) is 5.78 Å². The number of thioether (sulfide) groups is 1. The van der Waals surface area contributed by atoms with Gasteiger partial charge in [-0.1, -0.05) is 19.9 Å². The Balaban J connectivity index is 2.00. The molecule has 0 aromatic carbocycles. The molecule has 1 N–H and O–H groups in total. The zero-order valence-electron chi connectivity index (χ0n) is 17.7.